The van der Waals surface area contributed by atoms with E-state index in [0.717, 1.165) is 0 Å². The fourth-order valence-corrected chi connectivity index (χ4v) is 0.811. The molecular formula is C7H7Cl3N2OPt. The summed E-state index contributed by atoms with van der Waals surface area (Å²) in [7, 11) is 0. The standard InChI is InChI=1S/C7H7ClN2O.2ClH.Pt/c8-6-3-1-5(2-4-6)7(11)10-9;;;/h1-4H,9H2,(H,10,11);2*1H;/q;;;+2/p-2. The van der Waals surface area contributed by atoms with Gasteiger partial charge in [-0.1, -0.05) is 11.6 Å². The number of nitrogens with two attached hydrogens (primary N) is 1. The van der Waals surface area contributed by atoms with Gasteiger partial charge in [-0.3, -0.25) is 10.2 Å². The third-order valence-electron chi connectivity index (χ3n) is 1.24. The third-order valence-corrected chi connectivity index (χ3v) is 1.49. The maximum Gasteiger partial charge on any atom is 2.00 e. The molecule has 0 aromatic heterocycles. The maximum absolute atomic E-state index is 10.8. The molecule has 0 bridgehead atoms. The summed E-state index contributed by atoms with van der Waals surface area (Å²) in [5.41, 5.74) is 2.52. The second-order valence-corrected chi connectivity index (χ2v) is 2.42. The van der Waals surface area contributed by atoms with Gasteiger partial charge in [-0.15, -0.1) is 0 Å². The molecule has 3 nitrogen and oxygen atoms in total. The summed E-state index contributed by atoms with van der Waals surface area (Å²) in [5.74, 6) is 4.59. The van der Waals surface area contributed by atoms with Crippen LogP contribution in [-0.2, 0) is 21.1 Å². The molecular weight excluding hydrogens is 430 g/mol. The van der Waals surface area contributed by atoms with E-state index < -0.39 is 0 Å². The Labute approximate surface area is 114 Å². The summed E-state index contributed by atoms with van der Waals surface area (Å²) in [6.07, 6.45) is 0. The van der Waals surface area contributed by atoms with Crippen LogP contribution < -0.4 is 36.1 Å². The van der Waals surface area contributed by atoms with E-state index in [1.807, 2.05) is 5.43 Å². The average molecular weight is 437 g/mol. The molecule has 0 atom stereocenters. The Morgan fingerprint density at radius 2 is 1.64 bits per heavy atom. The predicted octanol–water partition coefficient (Wildman–Crippen LogP) is -5.05. The molecule has 0 unspecified atom stereocenters. The first kappa shape index (κ1) is 19.7. The zero-order chi connectivity index (χ0) is 8.27. The molecule has 82 valence electrons. The molecule has 3 N–H and O–H groups in total. The maximum atomic E-state index is 10.8. The van der Waals surface area contributed by atoms with Crippen molar-refractivity contribution in [2.24, 2.45) is 5.84 Å². The number of benzene rings is 1. The van der Waals surface area contributed by atoms with Crippen LogP contribution in [0.4, 0.5) is 0 Å². The van der Waals surface area contributed by atoms with E-state index >= 15 is 0 Å². The van der Waals surface area contributed by atoms with Crippen LogP contribution in [0.15, 0.2) is 24.3 Å². The number of hydrogen-bond acceptors (Lipinski definition) is 2. The Morgan fingerprint density at radius 1 is 1.21 bits per heavy atom. The van der Waals surface area contributed by atoms with Crippen molar-refractivity contribution < 1.29 is 50.7 Å². The molecule has 0 fully saturated rings. The number of carbonyl (C=O) groups is 1. The van der Waals surface area contributed by atoms with Crippen LogP contribution in [-0.4, -0.2) is 5.91 Å². The van der Waals surface area contributed by atoms with Crippen molar-refractivity contribution in [2.75, 3.05) is 0 Å². The first-order valence-corrected chi connectivity index (χ1v) is 3.38. The van der Waals surface area contributed by atoms with E-state index in [1.54, 1.807) is 24.3 Å². The number of halogens is 3. The minimum absolute atomic E-state index is 0. The number of hydrazine groups is 1. The number of hydrogen-bond donors (Lipinski definition) is 2. The predicted molar refractivity (Wildman–Crippen MR) is 43.1 cm³/mol. The fourth-order valence-electron chi connectivity index (χ4n) is 0.685. The molecule has 0 aliphatic heterocycles. The molecule has 0 aliphatic rings. The van der Waals surface area contributed by atoms with Gasteiger partial charge in [-0.2, -0.15) is 0 Å². The third kappa shape index (κ3) is 5.84. The number of nitrogen functional groups attached to an aromatic ring is 1. The van der Waals surface area contributed by atoms with Gasteiger partial charge in [0.1, 0.15) is 0 Å². The van der Waals surface area contributed by atoms with Gasteiger partial charge in [0.2, 0.25) is 0 Å². The average Bonchev–Trinajstić information content (AvgIpc) is 2.05. The van der Waals surface area contributed by atoms with Crippen LogP contribution in [0.1, 0.15) is 10.4 Å². The van der Waals surface area contributed by atoms with Crippen molar-refractivity contribution in [3.05, 3.63) is 34.9 Å². The van der Waals surface area contributed by atoms with Gasteiger partial charge in [0.25, 0.3) is 5.91 Å². The number of rotatable bonds is 1. The molecule has 0 spiro atoms. The minimum atomic E-state index is -0.318. The Hall–Kier alpha value is 0.208. The zero-order valence-corrected chi connectivity index (χ0v) is 11.3. The van der Waals surface area contributed by atoms with Crippen molar-refractivity contribution in [2.45, 2.75) is 0 Å². The fraction of sp³-hybridized carbons (Fsp3) is 0. The van der Waals surface area contributed by atoms with Crippen LogP contribution in [0.25, 0.3) is 0 Å². The topological polar surface area (TPSA) is 55.1 Å². The smallest absolute Gasteiger partial charge is 1.00 e. The van der Waals surface area contributed by atoms with E-state index in [-0.39, 0.29) is 51.8 Å². The summed E-state index contributed by atoms with van der Waals surface area (Å²) in [6, 6.07) is 6.47. The molecule has 0 heterocycles. The summed E-state index contributed by atoms with van der Waals surface area (Å²) in [5, 5.41) is 0.596. The number of carbonyl (C=O) groups excluding carboxylic acids is 1. The molecule has 1 amide bonds. The monoisotopic (exact) mass is 435 g/mol. The Kier molecular flexibility index (Phi) is 13.7. The van der Waals surface area contributed by atoms with Crippen LogP contribution in [0.5, 0.6) is 0 Å². The molecule has 1 aromatic carbocycles. The first-order chi connectivity index (χ1) is 5.24. The zero-order valence-electron chi connectivity index (χ0n) is 6.75. The van der Waals surface area contributed by atoms with Crippen molar-refractivity contribution in [3.8, 4) is 0 Å². The summed E-state index contributed by atoms with van der Waals surface area (Å²) in [6.45, 7) is 0. The molecule has 0 saturated carbocycles. The Balaban J connectivity index is -0.000000403. The molecule has 1 rings (SSSR count). The molecule has 0 radical (unpaired) electrons. The van der Waals surface area contributed by atoms with Crippen molar-refractivity contribution in [3.63, 3.8) is 0 Å². The quantitative estimate of drug-likeness (QED) is 0.263. The van der Waals surface area contributed by atoms with E-state index in [2.05, 4.69) is 0 Å². The van der Waals surface area contributed by atoms with Crippen LogP contribution in [0, 0.1) is 0 Å². The van der Waals surface area contributed by atoms with E-state index in [9.17, 15) is 4.79 Å². The van der Waals surface area contributed by atoms with Crippen molar-refractivity contribution >= 4 is 17.5 Å². The largest absolute Gasteiger partial charge is 2.00 e. The van der Waals surface area contributed by atoms with Crippen molar-refractivity contribution in [1.82, 2.24) is 5.43 Å². The summed E-state index contributed by atoms with van der Waals surface area (Å²) < 4.78 is 0. The van der Waals surface area contributed by atoms with Gasteiger partial charge < -0.3 is 24.8 Å². The van der Waals surface area contributed by atoms with E-state index in [1.165, 1.54) is 0 Å². The molecule has 7 heteroatoms. The minimum Gasteiger partial charge on any atom is -1.00 e. The van der Waals surface area contributed by atoms with Gasteiger partial charge in [0.05, 0.1) is 0 Å². The number of amides is 1. The van der Waals surface area contributed by atoms with Crippen LogP contribution in [0.3, 0.4) is 0 Å². The van der Waals surface area contributed by atoms with Crippen molar-refractivity contribution in [1.29, 1.82) is 0 Å². The second kappa shape index (κ2) is 9.75. The summed E-state index contributed by atoms with van der Waals surface area (Å²) in [4.78, 5) is 10.8. The van der Waals surface area contributed by atoms with Gasteiger partial charge in [-0.25, -0.2) is 5.84 Å². The second-order valence-electron chi connectivity index (χ2n) is 1.98. The van der Waals surface area contributed by atoms with Gasteiger partial charge in [0.15, 0.2) is 0 Å². The Bertz CT molecular complexity index is 268. The molecule has 14 heavy (non-hydrogen) atoms. The Morgan fingerprint density at radius 3 is 2.00 bits per heavy atom. The SMILES string of the molecule is NNC(=O)c1ccc(Cl)cc1.[Cl-].[Cl-].[Pt+2]. The summed E-state index contributed by atoms with van der Waals surface area (Å²) >= 11 is 5.60. The van der Waals surface area contributed by atoms with Gasteiger partial charge >= 0.3 is 21.1 Å². The van der Waals surface area contributed by atoms with Crippen LogP contribution >= 0.6 is 11.6 Å². The van der Waals surface area contributed by atoms with E-state index in [0.29, 0.717) is 10.6 Å². The first-order valence-electron chi connectivity index (χ1n) is 3.00. The molecule has 1 aromatic rings. The molecule has 0 saturated heterocycles. The van der Waals surface area contributed by atoms with E-state index in [4.69, 9.17) is 17.4 Å². The van der Waals surface area contributed by atoms with Crippen LogP contribution in [0.2, 0.25) is 5.02 Å². The van der Waals surface area contributed by atoms with Gasteiger partial charge in [0, 0.05) is 10.6 Å². The number of nitrogens with one attached hydrogen (secondary N) is 1. The normalized spacial score (nSPS) is 7.29. The molecule has 0 aliphatic carbocycles. The van der Waals surface area contributed by atoms with Gasteiger partial charge in [-0.05, 0) is 24.3 Å².